The van der Waals surface area contributed by atoms with Gasteiger partial charge in [0.2, 0.25) is 0 Å². The first kappa shape index (κ1) is 20.9. The van der Waals surface area contributed by atoms with Gasteiger partial charge >= 0.3 is 0 Å². The Labute approximate surface area is 192 Å². The van der Waals surface area contributed by atoms with Gasteiger partial charge in [-0.1, -0.05) is 66.2 Å². The second-order valence-corrected chi connectivity index (χ2v) is 9.30. The molecular formula is C27H24ClFN2O. The molecule has 0 N–H and O–H groups in total. The number of benzene rings is 3. The molecule has 5 heteroatoms. The van der Waals surface area contributed by atoms with Gasteiger partial charge in [0.05, 0.1) is 11.1 Å². The van der Waals surface area contributed by atoms with Gasteiger partial charge < -0.3 is 4.74 Å². The molecule has 1 aliphatic heterocycles. The van der Waals surface area contributed by atoms with Crippen LogP contribution in [-0.2, 0) is 6.54 Å². The molecule has 2 heterocycles. The number of hydrogen-bond acceptors (Lipinski definition) is 3. The first-order valence-electron chi connectivity index (χ1n) is 10.7. The second kappa shape index (κ2) is 8.19. The van der Waals surface area contributed by atoms with Gasteiger partial charge in [-0.15, -0.1) is 0 Å². The van der Waals surface area contributed by atoms with E-state index in [1.54, 1.807) is 12.3 Å². The molecule has 3 aromatic carbocycles. The van der Waals surface area contributed by atoms with Gasteiger partial charge in [0, 0.05) is 30.2 Å². The van der Waals surface area contributed by atoms with Gasteiger partial charge in [0.1, 0.15) is 22.7 Å². The number of rotatable bonds is 3. The summed E-state index contributed by atoms with van der Waals surface area (Å²) in [6.45, 7) is 5.56. The van der Waals surface area contributed by atoms with Crippen LogP contribution in [0.15, 0.2) is 79.0 Å². The van der Waals surface area contributed by atoms with Gasteiger partial charge in [-0.25, -0.2) is 4.39 Å². The van der Waals surface area contributed by atoms with Crippen molar-refractivity contribution in [1.82, 2.24) is 9.88 Å². The highest BCUT2D eigenvalue weighted by Crippen LogP contribution is 2.44. The summed E-state index contributed by atoms with van der Waals surface area (Å²) in [5, 5.41) is 1.36. The SMILES string of the molecule is CC1(C)CN(Cc2ccccc2)C(c2cnc3c(F)cccc3c2)c2cccc(Cl)c2O1. The Morgan fingerprint density at radius 1 is 1.06 bits per heavy atom. The highest BCUT2D eigenvalue weighted by molar-refractivity contribution is 6.32. The molecular weight excluding hydrogens is 423 g/mol. The van der Waals surface area contributed by atoms with Gasteiger partial charge in [0.25, 0.3) is 0 Å². The topological polar surface area (TPSA) is 25.4 Å². The minimum absolute atomic E-state index is 0.147. The lowest BCUT2D eigenvalue weighted by Crippen LogP contribution is -2.42. The number of nitrogens with zero attached hydrogens (tertiary/aromatic N) is 2. The van der Waals surface area contributed by atoms with Crippen molar-refractivity contribution in [2.45, 2.75) is 32.0 Å². The van der Waals surface area contributed by atoms with Crippen LogP contribution in [0.1, 0.15) is 36.6 Å². The van der Waals surface area contributed by atoms with Crippen LogP contribution in [0.3, 0.4) is 0 Å². The van der Waals surface area contributed by atoms with Crippen LogP contribution in [0.2, 0.25) is 5.02 Å². The predicted octanol–water partition coefficient (Wildman–Crippen LogP) is 6.79. The van der Waals surface area contributed by atoms with E-state index in [0.29, 0.717) is 22.8 Å². The van der Waals surface area contributed by atoms with E-state index in [9.17, 15) is 4.39 Å². The molecule has 0 saturated heterocycles. The Balaban J connectivity index is 1.70. The summed E-state index contributed by atoms with van der Waals surface area (Å²) in [6.07, 6.45) is 1.77. The number of ether oxygens (including phenoxy) is 1. The van der Waals surface area contributed by atoms with Crippen molar-refractivity contribution in [1.29, 1.82) is 0 Å². The molecule has 0 saturated carbocycles. The van der Waals surface area contributed by atoms with Crippen molar-refractivity contribution >= 4 is 22.5 Å². The molecule has 1 aromatic heterocycles. The molecule has 5 rings (SSSR count). The molecule has 1 unspecified atom stereocenters. The van der Waals surface area contributed by atoms with Crippen molar-refractivity contribution in [2.24, 2.45) is 0 Å². The number of halogens is 2. The van der Waals surface area contributed by atoms with Gasteiger partial charge in [-0.2, -0.15) is 0 Å². The summed E-state index contributed by atoms with van der Waals surface area (Å²) >= 11 is 6.61. The summed E-state index contributed by atoms with van der Waals surface area (Å²) in [5.74, 6) is 0.378. The highest BCUT2D eigenvalue weighted by Gasteiger charge is 2.37. The van der Waals surface area contributed by atoms with E-state index in [4.69, 9.17) is 16.3 Å². The van der Waals surface area contributed by atoms with Crippen molar-refractivity contribution in [3.63, 3.8) is 0 Å². The van der Waals surface area contributed by atoms with Crippen molar-refractivity contribution in [2.75, 3.05) is 6.54 Å². The van der Waals surface area contributed by atoms with Crippen molar-refractivity contribution < 1.29 is 9.13 Å². The van der Waals surface area contributed by atoms with E-state index < -0.39 is 5.60 Å². The van der Waals surface area contributed by atoms with Crippen molar-refractivity contribution in [3.8, 4) is 5.75 Å². The molecule has 1 atom stereocenters. The number of aromatic nitrogens is 1. The average Bonchev–Trinajstić information content (AvgIpc) is 2.88. The Kier molecular flexibility index (Phi) is 5.36. The van der Waals surface area contributed by atoms with E-state index in [-0.39, 0.29) is 11.9 Å². The summed E-state index contributed by atoms with van der Waals surface area (Å²) < 4.78 is 20.7. The lowest BCUT2D eigenvalue weighted by atomic mass is 9.95. The fourth-order valence-electron chi connectivity index (χ4n) is 4.58. The highest BCUT2D eigenvalue weighted by atomic mass is 35.5. The third-order valence-corrected chi connectivity index (χ3v) is 6.14. The molecule has 0 radical (unpaired) electrons. The van der Waals surface area contributed by atoms with Crippen LogP contribution < -0.4 is 4.74 Å². The Hall–Kier alpha value is -2.95. The predicted molar refractivity (Wildman–Crippen MR) is 127 cm³/mol. The standard InChI is InChI=1S/C27H24ClFN2O/c1-27(2)17-31(16-18-8-4-3-5-9-18)25(21-11-7-12-22(28)26(21)32-27)20-14-19-10-6-13-23(29)24(19)30-15-20/h3-15,25H,16-17H2,1-2H3. The van der Waals surface area contributed by atoms with E-state index in [1.165, 1.54) is 11.6 Å². The molecule has 0 bridgehead atoms. The molecule has 0 amide bonds. The fraction of sp³-hybridized carbons (Fsp3) is 0.222. The maximum absolute atomic E-state index is 14.3. The zero-order valence-corrected chi connectivity index (χ0v) is 18.8. The third-order valence-electron chi connectivity index (χ3n) is 5.85. The van der Waals surface area contributed by atoms with Crippen molar-refractivity contribution in [3.05, 3.63) is 107 Å². The summed E-state index contributed by atoms with van der Waals surface area (Å²) in [6, 6.07) is 23.2. The third kappa shape index (κ3) is 3.96. The normalized spacial score (nSPS) is 18.1. The van der Waals surface area contributed by atoms with Crippen LogP contribution in [0.5, 0.6) is 5.75 Å². The number of para-hydroxylation sites is 2. The quantitative estimate of drug-likeness (QED) is 0.346. The first-order chi connectivity index (χ1) is 15.4. The molecule has 0 spiro atoms. The van der Waals surface area contributed by atoms with Crippen LogP contribution >= 0.6 is 11.6 Å². The minimum atomic E-state index is -0.459. The van der Waals surface area contributed by atoms with E-state index in [2.05, 4.69) is 54.1 Å². The summed E-state index contributed by atoms with van der Waals surface area (Å²) in [7, 11) is 0. The minimum Gasteiger partial charge on any atom is -0.485 e. The molecule has 32 heavy (non-hydrogen) atoms. The van der Waals surface area contributed by atoms with Crippen LogP contribution in [-0.4, -0.2) is 22.0 Å². The number of pyridine rings is 1. The number of fused-ring (bicyclic) bond motifs is 2. The van der Waals surface area contributed by atoms with Crippen LogP contribution in [0, 0.1) is 5.82 Å². The summed E-state index contributed by atoms with van der Waals surface area (Å²) in [4.78, 5) is 6.87. The second-order valence-electron chi connectivity index (χ2n) is 8.89. The van der Waals surface area contributed by atoms with Gasteiger partial charge in [-0.3, -0.25) is 9.88 Å². The monoisotopic (exact) mass is 446 g/mol. The molecule has 3 nitrogen and oxygen atoms in total. The largest absolute Gasteiger partial charge is 0.485 e. The first-order valence-corrected chi connectivity index (χ1v) is 11.1. The van der Waals surface area contributed by atoms with E-state index in [1.807, 2.05) is 30.3 Å². The van der Waals surface area contributed by atoms with Crippen LogP contribution in [0.4, 0.5) is 4.39 Å². The Morgan fingerprint density at radius 2 is 1.84 bits per heavy atom. The zero-order valence-electron chi connectivity index (χ0n) is 18.1. The van der Waals surface area contributed by atoms with Gasteiger partial charge in [-0.05, 0) is 43.2 Å². The summed E-state index contributed by atoms with van der Waals surface area (Å²) in [5.41, 5.74) is 3.08. The Morgan fingerprint density at radius 3 is 2.66 bits per heavy atom. The lowest BCUT2D eigenvalue weighted by Gasteiger charge is -2.34. The number of hydrogen-bond donors (Lipinski definition) is 0. The molecule has 0 fully saturated rings. The smallest absolute Gasteiger partial charge is 0.149 e. The average molecular weight is 447 g/mol. The van der Waals surface area contributed by atoms with E-state index >= 15 is 0 Å². The maximum atomic E-state index is 14.3. The molecule has 0 aliphatic carbocycles. The van der Waals surface area contributed by atoms with Crippen LogP contribution in [0.25, 0.3) is 10.9 Å². The molecule has 1 aliphatic rings. The Bertz CT molecular complexity index is 1280. The zero-order chi connectivity index (χ0) is 22.3. The fourth-order valence-corrected chi connectivity index (χ4v) is 4.80. The molecule has 162 valence electrons. The molecule has 4 aromatic rings. The van der Waals surface area contributed by atoms with E-state index in [0.717, 1.165) is 23.1 Å². The van der Waals surface area contributed by atoms with Gasteiger partial charge in [0.15, 0.2) is 0 Å². The lowest BCUT2D eigenvalue weighted by molar-refractivity contribution is 0.0613. The maximum Gasteiger partial charge on any atom is 0.149 e.